The summed E-state index contributed by atoms with van der Waals surface area (Å²) in [6.07, 6.45) is 3.37. The number of rotatable bonds is 6. The Morgan fingerprint density at radius 1 is 0.929 bits per heavy atom. The second-order valence-electron chi connectivity index (χ2n) is 8.34. The molecule has 1 saturated carbocycles. The fraction of sp³-hybridized carbons (Fsp3) is 0.478. The van der Waals surface area contributed by atoms with E-state index in [4.69, 9.17) is 0 Å². The fourth-order valence-corrected chi connectivity index (χ4v) is 5.64. The van der Waals surface area contributed by atoms with Gasteiger partial charge in [-0.3, -0.25) is 0 Å². The first-order chi connectivity index (χ1) is 13.3. The molecule has 2 unspecified atom stereocenters. The van der Waals surface area contributed by atoms with Crippen LogP contribution in [-0.2, 0) is 11.1 Å². The highest BCUT2D eigenvalue weighted by atomic mass is 32.2. The van der Waals surface area contributed by atoms with Gasteiger partial charge in [-0.1, -0.05) is 42.5 Å². The zero-order valence-electron chi connectivity index (χ0n) is 17.3. The molecule has 0 amide bonds. The van der Waals surface area contributed by atoms with Gasteiger partial charge in [0.05, 0.1) is 4.75 Å². The average Bonchev–Trinajstić information content (AvgIpc) is 2.69. The lowest BCUT2D eigenvalue weighted by Gasteiger charge is -2.44. The van der Waals surface area contributed by atoms with Crippen molar-refractivity contribution < 1.29 is 8.76 Å². The molecule has 152 valence electrons. The number of anilines is 1. The van der Waals surface area contributed by atoms with Crippen molar-refractivity contribution >= 4 is 16.8 Å². The topological polar surface area (TPSA) is 43.8 Å². The molecule has 0 bridgehead atoms. The molecule has 2 aromatic rings. The smallest absolute Gasteiger partial charge is 0.160 e. The summed E-state index contributed by atoms with van der Waals surface area (Å²) in [7, 11) is 8.25. The molecule has 2 aromatic carbocycles. The minimum atomic E-state index is -1.91. The molecule has 0 aromatic heterocycles. The summed E-state index contributed by atoms with van der Waals surface area (Å²) >= 11 is -1.91. The molecule has 0 heterocycles. The minimum Gasteiger partial charge on any atom is -0.378 e. The normalized spacial score (nSPS) is 24.7. The van der Waals surface area contributed by atoms with Gasteiger partial charge in [0.25, 0.3) is 0 Å². The van der Waals surface area contributed by atoms with Gasteiger partial charge in [0.15, 0.2) is 11.1 Å². The van der Waals surface area contributed by atoms with E-state index in [2.05, 4.69) is 60.3 Å². The SMILES string of the molecule is CN(C)c1ccc(C(c2ccccc2)C2(S(=O)O)CCC(N(C)C)CC2)cc1. The van der Waals surface area contributed by atoms with Crippen molar-refractivity contribution in [2.24, 2.45) is 0 Å². The molecule has 0 aliphatic heterocycles. The third kappa shape index (κ3) is 4.17. The van der Waals surface area contributed by atoms with E-state index in [1.165, 1.54) is 0 Å². The van der Waals surface area contributed by atoms with Crippen LogP contribution in [0.1, 0.15) is 42.7 Å². The maximum atomic E-state index is 12.8. The average molecular weight is 401 g/mol. The first-order valence-corrected chi connectivity index (χ1v) is 11.1. The van der Waals surface area contributed by atoms with Crippen molar-refractivity contribution in [2.75, 3.05) is 33.1 Å². The summed E-state index contributed by atoms with van der Waals surface area (Å²) in [6.45, 7) is 0. The van der Waals surface area contributed by atoms with E-state index in [1.807, 2.05) is 32.3 Å². The van der Waals surface area contributed by atoms with Crippen LogP contribution in [0, 0.1) is 0 Å². The highest BCUT2D eigenvalue weighted by molar-refractivity contribution is 7.80. The highest BCUT2D eigenvalue weighted by Crippen LogP contribution is 2.48. The molecule has 0 spiro atoms. The molecule has 1 aliphatic rings. The lowest BCUT2D eigenvalue weighted by molar-refractivity contribution is 0.194. The molecule has 3 rings (SSSR count). The quantitative estimate of drug-likeness (QED) is 0.732. The second kappa shape index (κ2) is 8.76. The molecule has 4 nitrogen and oxygen atoms in total. The molecule has 28 heavy (non-hydrogen) atoms. The molecule has 2 atom stereocenters. The Bertz CT molecular complexity index is 782. The van der Waals surface area contributed by atoms with E-state index in [1.54, 1.807) is 0 Å². The fourth-order valence-electron chi connectivity index (χ4n) is 4.58. The standard InChI is InChI=1S/C23H32N2O2S/c1-24(2)20-12-10-19(11-13-20)22(18-8-6-5-7-9-18)23(28(26)27)16-14-21(15-17-23)25(3)4/h5-13,21-22H,14-17H2,1-4H3,(H,26,27). The molecule has 0 radical (unpaired) electrons. The van der Waals surface area contributed by atoms with E-state index in [9.17, 15) is 8.76 Å². The molecular weight excluding hydrogens is 368 g/mol. The van der Waals surface area contributed by atoms with Crippen LogP contribution < -0.4 is 4.90 Å². The van der Waals surface area contributed by atoms with Gasteiger partial charge in [0.1, 0.15) is 0 Å². The van der Waals surface area contributed by atoms with Crippen LogP contribution in [0.25, 0.3) is 0 Å². The summed E-state index contributed by atoms with van der Waals surface area (Å²) in [4.78, 5) is 4.32. The third-order valence-corrected chi connectivity index (χ3v) is 7.62. The predicted molar refractivity (Wildman–Crippen MR) is 118 cm³/mol. The molecule has 1 aliphatic carbocycles. The van der Waals surface area contributed by atoms with E-state index < -0.39 is 15.8 Å². The molecule has 0 saturated heterocycles. The van der Waals surface area contributed by atoms with Crippen molar-refractivity contribution in [1.82, 2.24) is 4.90 Å². The Balaban J connectivity index is 2.06. The van der Waals surface area contributed by atoms with E-state index in [0.717, 1.165) is 42.5 Å². The Labute approximate surface area is 171 Å². The number of hydrogen-bond acceptors (Lipinski definition) is 3. The summed E-state index contributed by atoms with van der Waals surface area (Å²) in [5, 5.41) is 0. The molecular formula is C23H32N2O2S. The van der Waals surface area contributed by atoms with E-state index >= 15 is 0 Å². The lowest BCUT2D eigenvalue weighted by Crippen LogP contribution is -2.47. The van der Waals surface area contributed by atoms with Gasteiger partial charge in [-0.15, -0.1) is 0 Å². The monoisotopic (exact) mass is 400 g/mol. The van der Waals surface area contributed by atoms with Crippen molar-refractivity contribution in [3.8, 4) is 0 Å². The first-order valence-electron chi connectivity index (χ1n) is 9.95. The van der Waals surface area contributed by atoms with Crippen molar-refractivity contribution in [3.63, 3.8) is 0 Å². The van der Waals surface area contributed by atoms with Crippen molar-refractivity contribution in [1.29, 1.82) is 0 Å². The summed E-state index contributed by atoms with van der Waals surface area (Å²) in [5.41, 5.74) is 3.36. The molecule has 5 heteroatoms. The third-order valence-electron chi connectivity index (χ3n) is 6.28. The van der Waals surface area contributed by atoms with Gasteiger partial charge >= 0.3 is 0 Å². The lowest BCUT2D eigenvalue weighted by atomic mass is 9.71. The number of hydrogen-bond donors (Lipinski definition) is 1. The van der Waals surface area contributed by atoms with Crippen LogP contribution in [0.4, 0.5) is 5.69 Å². The van der Waals surface area contributed by atoms with Gasteiger partial charge in [-0.2, -0.15) is 0 Å². The molecule has 1 N–H and O–H groups in total. The minimum absolute atomic E-state index is 0.0983. The summed E-state index contributed by atoms with van der Waals surface area (Å²) in [5.74, 6) is -0.0983. The zero-order valence-corrected chi connectivity index (χ0v) is 18.2. The summed E-state index contributed by atoms with van der Waals surface area (Å²) < 4.78 is 22.7. The van der Waals surface area contributed by atoms with Gasteiger partial charge < -0.3 is 14.4 Å². The number of benzene rings is 2. The van der Waals surface area contributed by atoms with Crippen LogP contribution in [0.2, 0.25) is 0 Å². The van der Waals surface area contributed by atoms with Crippen LogP contribution in [0.3, 0.4) is 0 Å². The molecule has 1 fully saturated rings. The maximum absolute atomic E-state index is 12.8. The van der Waals surface area contributed by atoms with Crippen LogP contribution in [0.15, 0.2) is 54.6 Å². The van der Waals surface area contributed by atoms with E-state index in [-0.39, 0.29) is 5.92 Å². The predicted octanol–water partition coefficient (Wildman–Crippen LogP) is 4.35. The van der Waals surface area contributed by atoms with Gasteiger partial charge in [0, 0.05) is 31.7 Å². The van der Waals surface area contributed by atoms with Crippen LogP contribution in [0.5, 0.6) is 0 Å². The maximum Gasteiger partial charge on any atom is 0.160 e. The van der Waals surface area contributed by atoms with Crippen LogP contribution >= 0.6 is 0 Å². The van der Waals surface area contributed by atoms with Crippen molar-refractivity contribution in [2.45, 2.75) is 42.4 Å². The Kier molecular flexibility index (Phi) is 6.58. The zero-order chi connectivity index (χ0) is 20.3. The Morgan fingerprint density at radius 3 is 1.93 bits per heavy atom. The van der Waals surface area contributed by atoms with Crippen LogP contribution in [-0.4, -0.2) is 52.6 Å². The van der Waals surface area contributed by atoms with Crippen molar-refractivity contribution in [3.05, 3.63) is 65.7 Å². The Hall–Kier alpha value is -1.69. The second-order valence-corrected chi connectivity index (χ2v) is 9.65. The summed E-state index contributed by atoms with van der Waals surface area (Å²) in [6, 6.07) is 19.2. The largest absolute Gasteiger partial charge is 0.378 e. The Morgan fingerprint density at radius 2 is 1.46 bits per heavy atom. The van der Waals surface area contributed by atoms with E-state index in [0.29, 0.717) is 6.04 Å². The van der Waals surface area contributed by atoms with Gasteiger partial charge in [0.2, 0.25) is 0 Å². The number of nitrogens with zero attached hydrogens (tertiary/aromatic N) is 2. The first kappa shape index (κ1) is 21.0. The highest BCUT2D eigenvalue weighted by Gasteiger charge is 2.48. The van der Waals surface area contributed by atoms with Gasteiger partial charge in [-0.05, 0) is 63.0 Å². The van der Waals surface area contributed by atoms with Gasteiger partial charge in [-0.25, -0.2) is 4.21 Å².